The van der Waals surface area contributed by atoms with E-state index >= 15 is 0 Å². The highest BCUT2D eigenvalue weighted by Gasteiger charge is 2.15. The van der Waals surface area contributed by atoms with Gasteiger partial charge >= 0.3 is 0 Å². The van der Waals surface area contributed by atoms with Gasteiger partial charge in [0.2, 0.25) is 0 Å². The molecule has 1 saturated carbocycles. The Morgan fingerprint density at radius 3 is 2.31 bits per heavy atom. The molecule has 1 fully saturated rings. The first-order valence-electron chi connectivity index (χ1n) is 7.09. The molecule has 1 aliphatic carbocycles. The van der Waals surface area contributed by atoms with Gasteiger partial charge in [-0.1, -0.05) is 32.1 Å². The summed E-state index contributed by atoms with van der Waals surface area (Å²) in [6.45, 7) is 4.73. The van der Waals surface area contributed by atoms with Crippen LogP contribution in [0.1, 0.15) is 65.2 Å². The zero-order valence-electron chi connectivity index (χ0n) is 11.0. The van der Waals surface area contributed by atoms with Crippen molar-refractivity contribution in [1.29, 1.82) is 0 Å². The van der Waals surface area contributed by atoms with Gasteiger partial charge in [-0.3, -0.25) is 0 Å². The molecular weight excluding hydrogens is 198 g/mol. The first-order valence-corrected chi connectivity index (χ1v) is 7.09. The number of nitrogens with one attached hydrogen (secondary N) is 1. The average Bonchev–Trinajstić information content (AvgIpc) is 2.28. The number of aliphatic hydroxyl groups excluding tert-OH is 1. The summed E-state index contributed by atoms with van der Waals surface area (Å²) in [5, 5.41) is 12.4. The summed E-state index contributed by atoms with van der Waals surface area (Å²) in [6.07, 6.45) is 10.8. The van der Waals surface area contributed by atoms with Crippen LogP contribution in [0.25, 0.3) is 0 Å². The third-order valence-corrected chi connectivity index (χ3v) is 3.86. The van der Waals surface area contributed by atoms with Crippen LogP contribution in [0.3, 0.4) is 0 Å². The minimum absolute atomic E-state index is 0.295. The van der Waals surface area contributed by atoms with Crippen molar-refractivity contribution in [3.63, 3.8) is 0 Å². The van der Waals surface area contributed by atoms with E-state index < -0.39 is 0 Å². The smallest absolute Gasteiger partial charge is 0.0445 e. The van der Waals surface area contributed by atoms with Crippen molar-refractivity contribution in [3.8, 4) is 0 Å². The molecule has 1 aliphatic rings. The maximum absolute atomic E-state index is 8.84. The highest BCUT2D eigenvalue weighted by Crippen LogP contribution is 2.27. The molecule has 0 aromatic rings. The zero-order valence-corrected chi connectivity index (χ0v) is 11.0. The van der Waals surface area contributed by atoms with E-state index in [1.807, 2.05) is 0 Å². The van der Waals surface area contributed by atoms with E-state index in [4.69, 9.17) is 5.11 Å². The molecule has 0 aromatic heterocycles. The van der Waals surface area contributed by atoms with Gasteiger partial charge in [0.05, 0.1) is 0 Å². The van der Waals surface area contributed by atoms with E-state index in [9.17, 15) is 0 Å². The molecule has 2 atom stereocenters. The van der Waals surface area contributed by atoms with Gasteiger partial charge in [-0.2, -0.15) is 0 Å². The van der Waals surface area contributed by atoms with Gasteiger partial charge in [0.25, 0.3) is 0 Å². The molecule has 2 heteroatoms. The Labute approximate surface area is 101 Å². The molecule has 0 aliphatic heterocycles. The Bertz CT molecular complexity index is 166. The second-order valence-electron chi connectivity index (χ2n) is 5.56. The van der Waals surface area contributed by atoms with Gasteiger partial charge in [0.1, 0.15) is 0 Å². The second kappa shape index (κ2) is 8.08. The maximum Gasteiger partial charge on any atom is 0.0445 e. The minimum atomic E-state index is 0.295. The molecule has 0 aromatic carbocycles. The molecule has 96 valence electrons. The summed E-state index contributed by atoms with van der Waals surface area (Å²) in [4.78, 5) is 0. The SMILES string of the molecule is CC(CCO)NC(C)CCC1CCCCC1. The Morgan fingerprint density at radius 2 is 1.69 bits per heavy atom. The van der Waals surface area contributed by atoms with Gasteiger partial charge in [-0.25, -0.2) is 0 Å². The van der Waals surface area contributed by atoms with Crippen LogP contribution in [0, 0.1) is 5.92 Å². The van der Waals surface area contributed by atoms with Gasteiger partial charge < -0.3 is 10.4 Å². The molecule has 0 spiro atoms. The fourth-order valence-corrected chi connectivity index (χ4v) is 2.81. The molecule has 0 amide bonds. The van der Waals surface area contributed by atoms with Crippen LogP contribution in [0.4, 0.5) is 0 Å². The standard InChI is InChI=1S/C14H29NO/c1-12(15-13(2)10-11-16)8-9-14-6-4-3-5-7-14/h12-16H,3-11H2,1-2H3. The zero-order chi connectivity index (χ0) is 11.8. The lowest BCUT2D eigenvalue weighted by molar-refractivity contribution is 0.258. The van der Waals surface area contributed by atoms with Crippen molar-refractivity contribution in [2.45, 2.75) is 77.3 Å². The van der Waals surface area contributed by atoms with Crippen molar-refractivity contribution >= 4 is 0 Å². The van der Waals surface area contributed by atoms with E-state index in [1.54, 1.807) is 0 Å². The molecule has 0 heterocycles. The minimum Gasteiger partial charge on any atom is -0.396 e. The normalized spacial score (nSPS) is 21.9. The third kappa shape index (κ3) is 5.86. The molecule has 0 radical (unpaired) electrons. The molecule has 1 rings (SSSR count). The van der Waals surface area contributed by atoms with Crippen LogP contribution in [-0.2, 0) is 0 Å². The number of hydrogen-bond acceptors (Lipinski definition) is 2. The Balaban J connectivity index is 2.06. The van der Waals surface area contributed by atoms with Crippen LogP contribution >= 0.6 is 0 Å². The van der Waals surface area contributed by atoms with E-state index in [1.165, 1.54) is 44.9 Å². The fourth-order valence-electron chi connectivity index (χ4n) is 2.81. The van der Waals surface area contributed by atoms with Gasteiger partial charge in [0.15, 0.2) is 0 Å². The Hall–Kier alpha value is -0.0800. The first kappa shape index (κ1) is 14.0. The monoisotopic (exact) mass is 227 g/mol. The largest absolute Gasteiger partial charge is 0.396 e. The van der Waals surface area contributed by atoms with Crippen LogP contribution in [0.5, 0.6) is 0 Å². The lowest BCUT2D eigenvalue weighted by Crippen LogP contribution is -2.35. The van der Waals surface area contributed by atoms with Gasteiger partial charge in [-0.05, 0) is 39.0 Å². The highest BCUT2D eigenvalue weighted by molar-refractivity contribution is 4.71. The molecule has 2 nitrogen and oxygen atoms in total. The van der Waals surface area contributed by atoms with Crippen LogP contribution < -0.4 is 5.32 Å². The van der Waals surface area contributed by atoms with E-state index in [2.05, 4.69) is 19.2 Å². The molecule has 2 N–H and O–H groups in total. The molecule has 16 heavy (non-hydrogen) atoms. The average molecular weight is 227 g/mol. The van der Waals surface area contributed by atoms with Crippen molar-refractivity contribution in [3.05, 3.63) is 0 Å². The maximum atomic E-state index is 8.84. The highest BCUT2D eigenvalue weighted by atomic mass is 16.3. The number of aliphatic hydroxyl groups is 1. The van der Waals surface area contributed by atoms with Crippen molar-refractivity contribution < 1.29 is 5.11 Å². The molecule has 0 saturated heterocycles. The molecular formula is C14H29NO. The predicted octanol–water partition coefficient (Wildman–Crippen LogP) is 3.10. The summed E-state index contributed by atoms with van der Waals surface area (Å²) in [6, 6.07) is 1.05. The van der Waals surface area contributed by atoms with Crippen LogP contribution in [0.15, 0.2) is 0 Å². The molecule has 2 unspecified atom stereocenters. The number of hydrogen-bond donors (Lipinski definition) is 2. The third-order valence-electron chi connectivity index (χ3n) is 3.86. The van der Waals surface area contributed by atoms with Gasteiger partial charge in [-0.15, -0.1) is 0 Å². The van der Waals surface area contributed by atoms with Crippen molar-refractivity contribution in [1.82, 2.24) is 5.32 Å². The Morgan fingerprint density at radius 1 is 1.06 bits per heavy atom. The van der Waals surface area contributed by atoms with Crippen molar-refractivity contribution in [2.75, 3.05) is 6.61 Å². The summed E-state index contributed by atoms with van der Waals surface area (Å²) in [5.74, 6) is 0.992. The lowest BCUT2D eigenvalue weighted by Gasteiger charge is -2.24. The topological polar surface area (TPSA) is 32.3 Å². The van der Waals surface area contributed by atoms with Crippen molar-refractivity contribution in [2.24, 2.45) is 5.92 Å². The first-order chi connectivity index (χ1) is 7.72. The van der Waals surface area contributed by atoms with E-state index in [0.29, 0.717) is 18.7 Å². The number of rotatable bonds is 7. The van der Waals surface area contributed by atoms with E-state index in [0.717, 1.165) is 12.3 Å². The molecule has 0 bridgehead atoms. The quantitative estimate of drug-likeness (QED) is 0.700. The predicted molar refractivity (Wildman–Crippen MR) is 69.6 cm³/mol. The summed E-state index contributed by atoms with van der Waals surface area (Å²) in [7, 11) is 0. The van der Waals surface area contributed by atoms with E-state index in [-0.39, 0.29) is 0 Å². The van der Waals surface area contributed by atoms with Crippen LogP contribution in [0.2, 0.25) is 0 Å². The van der Waals surface area contributed by atoms with Crippen LogP contribution in [-0.4, -0.2) is 23.8 Å². The summed E-state index contributed by atoms with van der Waals surface area (Å²) in [5.41, 5.74) is 0. The lowest BCUT2D eigenvalue weighted by atomic mass is 9.85. The summed E-state index contributed by atoms with van der Waals surface area (Å²) < 4.78 is 0. The van der Waals surface area contributed by atoms with Gasteiger partial charge in [0, 0.05) is 18.7 Å². The fraction of sp³-hybridized carbons (Fsp3) is 1.00. The Kier molecular flexibility index (Phi) is 7.06. The summed E-state index contributed by atoms with van der Waals surface area (Å²) >= 11 is 0. The second-order valence-corrected chi connectivity index (χ2v) is 5.56.